The van der Waals surface area contributed by atoms with E-state index in [1.165, 1.54) is 0 Å². The topological polar surface area (TPSA) is 0 Å². The van der Waals surface area contributed by atoms with E-state index in [2.05, 4.69) is 32.2 Å². The third-order valence-corrected chi connectivity index (χ3v) is 10.2. The van der Waals surface area contributed by atoms with E-state index in [9.17, 15) is 0 Å². The van der Waals surface area contributed by atoms with Gasteiger partial charge in [0.05, 0.1) is 8.07 Å². The fourth-order valence-electron chi connectivity index (χ4n) is 0.803. The van der Waals surface area contributed by atoms with E-state index in [0.29, 0.717) is 0 Å². The van der Waals surface area contributed by atoms with E-state index < -0.39 is 8.07 Å². The summed E-state index contributed by atoms with van der Waals surface area (Å²) in [4.78, 5) is 0. The van der Waals surface area contributed by atoms with E-state index in [1.54, 1.807) is 0 Å². The van der Waals surface area contributed by atoms with Crippen molar-refractivity contribution in [1.29, 1.82) is 0 Å². The summed E-state index contributed by atoms with van der Waals surface area (Å²) in [6.07, 6.45) is 4.42. The highest BCUT2D eigenvalue weighted by molar-refractivity contribution is 8.18. The zero-order chi connectivity index (χ0) is 7.49. The summed E-state index contributed by atoms with van der Waals surface area (Å²) < 4.78 is 0.873. The molecule has 0 spiro atoms. The van der Waals surface area contributed by atoms with Crippen molar-refractivity contribution < 1.29 is 0 Å². The SMILES string of the molecule is CSC(SC)[Si](C)(C)C. The van der Waals surface area contributed by atoms with E-state index in [0.717, 1.165) is 4.21 Å². The molecule has 0 saturated carbocycles. The van der Waals surface area contributed by atoms with Crippen molar-refractivity contribution in [2.45, 2.75) is 23.8 Å². The Morgan fingerprint density at radius 1 is 1.00 bits per heavy atom. The van der Waals surface area contributed by atoms with Crippen LogP contribution in [0.5, 0.6) is 0 Å². The molecule has 3 heteroatoms. The van der Waals surface area contributed by atoms with E-state index in [1.807, 2.05) is 23.5 Å². The first-order chi connectivity index (χ1) is 4.02. The smallest absolute Gasteiger partial charge is 0.0712 e. The number of thioether (sulfide) groups is 2. The highest BCUT2D eigenvalue weighted by Crippen LogP contribution is 2.28. The first-order valence-corrected chi connectivity index (χ1v) is 9.23. The van der Waals surface area contributed by atoms with Crippen molar-refractivity contribution >= 4 is 31.6 Å². The third-order valence-electron chi connectivity index (χ3n) is 1.14. The van der Waals surface area contributed by atoms with Crippen LogP contribution in [0.25, 0.3) is 0 Å². The zero-order valence-electron chi connectivity index (χ0n) is 6.89. The largest absolute Gasteiger partial charge is 0.154 e. The molecule has 0 aromatic heterocycles. The van der Waals surface area contributed by atoms with Gasteiger partial charge in [0.15, 0.2) is 0 Å². The quantitative estimate of drug-likeness (QED) is 0.484. The van der Waals surface area contributed by atoms with Crippen molar-refractivity contribution in [2.24, 2.45) is 0 Å². The summed E-state index contributed by atoms with van der Waals surface area (Å²) in [6, 6.07) is 0. The Bertz CT molecular complexity index is 73.6. The molecule has 0 unspecified atom stereocenters. The zero-order valence-corrected chi connectivity index (χ0v) is 9.53. The minimum atomic E-state index is -0.861. The molecule has 0 aliphatic heterocycles. The molecule has 0 aliphatic carbocycles. The molecule has 0 aromatic carbocycles. The molecular weight excluding hydrogens is 164 g/mol. The van der Waals surface area contributed by atoms with Crippen LogP contribution in [-0.2, 0) is 0 Å². The van der Waals surface area contributed by atoms with Gasteiger partial charge in [0, 0.05) is 4.21 Å². The molecule has 0 N–H and O–H groups in total. The third kappa shape index (κ3) is 3.58. The summed E-state index contributed by atoms with van der Waals surface area (Å²) in [5, 5.41) is 0. The fraction of sp³-hybridized carbons (Fsp3) is 1.00. The maximum absolute atomic E-state index is 2.42. The predicted octanol–water partition coefficient (Wildman–Crippen LogP) is 2.92. The lowest BCUT2D eigenvalue weighted by atomic mass is 11.7. The molecule has 0 rings (SSSR count). The molecule has 0 nitrogen and oxygen atoms in total. The average Bonchev–Trinajstić information content (AvgIpc) is 1.65. The molecule has 0 fully saturated rings. The van der Waals surface area contributed by atoms with Gasteiger partial charge in [-0.15, -0.1) is 0 Å². The van der Waals surface area contributed by atoms with Gasteiger partial charge >= 0.3 is 0 Å². The predicted molar refractivity (Wildman–Crippen MR) is 54.2 cm³/mol. The molecule has 9 heavy (non-hydrogen) atoms. The van der Waals surface area contributed by atoms with Crippen LogP contribution in [0.2, 0.25) is 19.6 Å². The molecule has 0 heterocycles. The Kier molecular flexibility index (Phi) is 4.34. The van der Waals surface area contributed by atoms with Crippen LogP contribution < -0.4 is 0 Å². The standard InChI is InChI=1S/C6H16S2Si/c1-7-6(8-2)9(3,4)5/h6H,1-5H3. The fourth-order valence-corrected chi connectivity index (χ4v) is 7.23. The van der Waals surface area contributed by atoms with Gasteiger partial charge in [0.1, 0.15) is 0 Å². The first-order valence-electron chi connectivity index (χ1n) is 3.08. The van der Waals surface area contributed by atoms with Crippen LogP contribution in [0.15, 0.2) is 0 Å². The van der Waals surface area contributed by atoms with Crippen LogP contribution in [-0.4, -0.2) is 24.8 Å². The second kappa shape index (κ2) is 3.94. The lowest BCUT2D eigenvalue weighted by molar-refractivity contribution is 1.61. The lowest BCUT2D eigenvalue weighted by Crippen LogP contribution is -2.32. The van der Waals surface area contributed by atoms with Gasteiger partial charge in [-0.2, -0.15) is 23.5 Å². The Morgan fingerprint density at radius 2 is 1.33 bits per heavy atom. The van der Waals surface area contributed by atoms with Gasteiger partial charge in [-0.1, -0.05) is 19.6 Å². The second-order valence-electron chi connectivity index (χ2n) is 3.17. The molecule has 0 atom stereocenters. The van der Waals surface area contributed by atoms with Crippen LogP contribution in [0.4, 0.5) is 0 Å². The monoisotopic (exact) mass is 180 g/mol. The van der Waals surface area contributed by atoms with Crippen LogP contribution in [0.1, 0.15) is 0 Å². The highest BCUT2D eigenvalue weighted by atomic mass is 32.2. The average molecular weight is 180 g/mol. The van der Waals surface area contributed by atoms with Crippen molar-refractivity contribution in [1.82, 2.24) is 0 Å². The maximum atomic E-state index is 2.42. The van der Waals surface area contributed by atoms with E-state index in [-0.39, 0.29) is 0 Å². The van der Waals surface area contributed by atoms with E-state index in [4.69, 9.17) is 0 Å². The van der Waals surface area contributed by atoms with Crippen molar-refractivity contribution in [2.75, 3.05) is 12.5 Å². The minimum absolute atomic E-state index is 0.861. The Balaban J connectivity index is 3.79. The molecular formula is C6H16S2Si. The minimum Gasteiger partial charge on any atom is -0.154 e. The Hall–Kier alpha value is 0.917. The summed E-state index contributed by atoms with van der Waals surface area (Å²) in [6.45, 7) is 7.26. The molecule has 0 aromatic rings. The molecule has 0 bridgehead atoms. The van der Waals surface area contributed by atoms with Crippen LogP contribution in [0, 0.1) is 0 Å². The normalized spacial score (nSPS) is 12.7. The van der Waals surface area contributed by atoms with Gasteiger partial charge in [-0.3, -0.25) is 0 Å². The van der Waals surface area contributed by atoms with Gasteiger partial charge in [0.2, 0.25) is 0 Å². The molecule has 0 saturated heterocycles. The Labute approximate surface area is 68.2 Å². The number of hydrogen-bond acceptors (Lipinski definition) is 2. The molecule has 0 radical (unpaired) electrons. The summed E-state index contributed by atoms with van der Waals surface area (Å²) in [5.41, 5.74) is 0. The number of hydrogen-bond donors (Lipinski definition) is 0. The van der Waals surface area contributed by atoms with Crippen LogP contribution in [0.3, 0.4) is 0 Å². The molecule has 56 valence electrons. The van der Waals surface area contributed by atoms with Gasteiger partial charge in [0.25, 0.3) is 0 Å². The van der Waals surface area contributed by atoms with Crippen LogP contribution >= 0.6 is 23.5 Å². The Morgan fingerprint density at radius 3 is 1.33 bits per heavy atom. The van der Waals surface area contributed by atoms with Crippen molar-refractivity contribution in [3.05, 3.63) is 0 Å². The lowest BCUT2D eigenvalue weighted by Gasteiger charge is -2.24. The van der Waals surface area contributed by atoms with Gasteiger partial charge in [-0.05, 0) is 12.5 Å². The first kappa shape index (κ1) is 9.92. The van der Waals surface area contributed by atoms with Gasteiger partial charge < -0.3 is 0 Å². The van der Waals surface area contributed by atoms with Crippen molar-refractivity contribution in [3.8, 4) is 0 Å². The van der Waals surface area contributed by atoms with Crippen molar-refractivity contribution in [3.63, 3.8) is 0 Å². The highest BCUT2D eigenvalue weighted by Gasteiger charge is 2.24. The summed E-state index contributed by atoms with van der Waals surface area (Å²) in [7, 11) is -0.861. The summed E-state index contributed by atoms with van der Waals surface area (Å²) >= 11 is 4.00. The summed E-state index contributed by atoms with van der Waals surface area (Å²) in [5.74, 6) is 0. The van der Waals surface area contributed by atoms with E-state index >= 15 is 0 Å². The molecule has 0 aliphatic rings. The maximum Gasteiger partial charge on any atom is 0.0712 e. The number of rotatable bonds is 3. The molecule has 0 amide bonds. The second-order valence-corrected chi connectivity index (χ2v) is 11.5. The van der Waals surface area contributed by atoms with Gasteiger partial charge in [-0.25, -0.2) is 0 Å².